The lowest BCUT2D eigenvalue weighted by Gasteiger charge is -1.92. The van der Waals surface area contributed by atoms with Crippen molar-refractivity contribution in [2.75, 3.05) is 0 Å². The Labute approximate surface area is 96.0 Å². The van der Waals surface area contributed by atoms with Crippen LogP contribution in [0.25, 0.3) is 16.2 Å². The van der Waals surface area contributed by atoms with Crippen molar-refractivity contribution in [1.82, 2.24) is 9.38 Å². The second-order valence-electron chi connectivity index (χ2n) is 3.45. The van der Waals surface area contributed by atoms with Gasteiger partial charge >= 0.3 is 0 Å². The molecule has 3 aromatic heterocycles. The van der Waals surface area contributed by atoms with Gasteiger partial charge in [-0.2, -0.15) is 0 Å². The first-order valence-electron chi connectivity index (χ1n) is 4.84. The maximum atomic E-state index is 10.7. The molecule has 0 saturated heterocycles. The molecule has 0 radical (unpaired) electrons. The van der Waals surface area contributed by atoms with Crippen molar-refractivity contribution in [3.05, 3.63) is 47.6 Å². The number of carbonyl (C=O) groups is 1. The van der Waals surface area contributed by atoms with E-state index < -0.39 is 0 Å². The summed E-state index contributed by atoms with van der Waals surface area (Å²) in [5, 5.41) is 2.02. The van der Waals surface area contributed by atoms with E-state index in [2.05, 4.69) is 4.98 Å². The highest BCUT2D eigenvalue weighted by Crippen LogP contribution is 2.23. The van der Waals surface area contributed by atoms with Gasteiger partial charge in [-0.05, 0) is 23.6 Å². The first kappa shape index (κ1) is 9.30. The van der Waals surface area contributed by atoms with Gasteiger partial charge in [-0.3, -0.25) is 4.79 Å². The Balaban J connectivity index is 2.19. The molecule has 0 N–H and O–H groups in total. The number of imidazole rings is 1. The molecule has 3 nitrogen and oxygen atoms in total. The van der Waals surface area contributed by atoms with Crippen LogP contribution in [0.1, 0.15) is 10.4 Å². The summed E-state index contributed by atoms with van der Waals surface area (Å²) in [6, 6.07) is 7.66. The van der Waals surface area contributed by atoms with Crippen LogP contribution in [0.4, 0.5) is 0 Å². The second kappa shape index (κ2) is 3.57. The Bertz CT molecular complexity index is 640. The molecule has 0 unspecified atom stereocenters. The Hall–Kier alpha value is -1.94. The van der Waals surface area contributed by atoms with Crippen molar-refractivity contribution in [1.29, 1.82) is 0 Å². The predicted octanol–water partition coefficient (Wildman–Crippen LogP) is 2.88. The van der Waals surface area contributed by atoms with E-state index >= 15 is 0 Å². The van der Waals surface area contributed by atoms with Gasteiger partial charge in [-0.15, -0.1) is 11.3 Å². The van der Waals surface area contributed by atoms with E-state index in [1.54, 1.807) is 23.6 Å². The lowest BCUT2D eigenvalue weighted by Crippen LogP contribution is -1.86. The molecular formula is C12H8N2OS. The zero-order chi connectivity index (χ0) is 11.0. The van der Waals surface area contributed by atoms with Crippen LogP contribution in [-0.4, -0.2) is 15.7 Å². The van der Waals surface area contributed by atoms with Crippen molar-refractivity contribution in [3.8, 4) is 10.6 Å². The fourth-order valence-corrected chi connectivity index (χ4v) is 2.30. The van der Waals surface area contributed by atoms with E-state index in [4.69, 9.17) is 0 Å². The molecule has 0 aliphatic carbocycles. The minimum absolute atomic E-state index is 0.655. The Morgan fingerprint density at radius 3 is 2.94 bits per heavy atom. The molecule has 0 fully saturated rings. The van der Waals surface area contributed by atoms with Gasteiger partial charge < -0.3 is 4.40 Å². The Kier molecular flexibility index (Phi) is 2.08. The molecule has 0 atom stereocenters. The fourth-order valence-electron chi connectivity index (χ4n) is 1.62. The van der Waals surface area contributed by atoms with Crippen LogP contribution < -0.4 is 0 Å². The average molecular weight is 228 g/mol. The lowest BCUT2D eigenvalue weighted by atomic mass is 10.3. The average Bonchev–Trinajstić information content (AvgIpc) is 2.96. The molecule has 0 saturated carbocycles. The molecule has 0 bridgehead atoms. The maximum absolute atomic E-state index is 10.7. The van der Waals surface area contributed by atoms with Crippen LogP contribution in [0.5, 0.6) is 0 Å². The normalized spacial score (nSPS) is 10.8. The highest BCUT2D eigenvalue weighted by molar-refractivity contribution is 7.13. The topological polar surface area (TPSA) is 34.4 Å². The summed E-state index contributed by atoms with van der Waals surface area (Å²) in [6.45, 7) is 0. The number of rotatable bonds is 2. The summed E-state index contributed by atoms with van der Waals surface area (Å²) >= 11 is 1.66. The van der Waals surface area contributed by atoms with Gasteiger partial charge in [-0.1, -0.05) is 6.07 Å². The number of pyridine rings is 1. The number of fused-ring (bicyclic) bond motifs is 1. The molecule has 0 spiro atoms. The van der Waals surface area contributed by atoms with Gasteiger partial charge in [0, 0.05) is 18.0 Å². The van der Waals surface area contributed by atoms with E-state index in [9.17, 15) is 4.79 Å². The first-order valence-corrected chi connectivity index (χ1v) is 5.72. The van der Waals surface area contributed by atoms with Crippen molar-refractivity contribution < 1.29 is 4.79 Å². The van der Waals surface area contributed by atoms with Gasteiger partial charge in [0.15, 0.2) is 6.29 Å². The summed E-state index contributed by atoms with van der Waals surface area (Å²) in [5.41, 5.74) is 2.45. The predicted molar refractivity (Wildman–Crippen MR) is 63.9 cm³/mol. The van der Waals surface area contributed by atoms with E-state index in [1.807, 2.05) is 34.2 Å². The third kappa shape index (κ3) is 1.44. The minimum Gasteiger partial charge on any atom is -0.306 e. The first-order chi connectivity index (χ1) is 7.86. The zero-order valence-corrected chi connectivity index (χ0v) is 9.15. The smallest absolute Gasteiger partial charge is 0.151 e. The van der Waals surface area contributed by atoms with Crippen molar-refractivity contribution in [2.45, 2.75) is 0 Å². The van der Waals surface area contributed by atoms with Gasteiger partial charge in [0.2, 0.25) is 0 Å². The number of hydrogen-bond acceptors (Lipinski definition) is 3. The number of nitrogens with zero attached hydrogens (tertiary/aromatic N) is 2. The fraction of sp³-hybridized carbons (Fsp3) is 0. The zero-order valence-electron chi connectivity index (χ0n) is 8.33. The number of hydrogen-bond donors (Lipinski definition) is 0. The number of aromatic nitrogens is 2. The SMILES string of the molecule is O=Cc1ccc2nc(-c3cccs3)cn2c1. The van der Waals surface area contributed by atoms with Gasteiger partial charge in [0.1, 0.15) is 5.65 Å². The molecule has 3 heterocycles. The van der Waals surface area contributed by atoms with Crippen LogP contribution in [-0.2, 0) is 0 Å². The van der Waals surface area contributed by atoms with Crippen LogP contribution in [0, 0.1) is 0 Å². The largest absolute Gasteiger partial charge is 0.306 e. The molecule has 16 heavy (non-hydrogen) atoms. The molecule has 78 valence electrons. The Morgan fingerprint density at radius 1 is 1.25 bits per heavy atom. The van der Waals surface area contributed by atoms with Crippen molar-refractivity contribution in [3.63, 3.8) is 0 Å². The van der Waals surface area contributed by atoms with Crippen LogP contribution in [0.2, 0.25) is 0 Å². The van der Waals surface area contributed by atoms with Crippen molar-refractivity contribution in [2.24, 2.45) is 0 Å². The highest BCUT2D eigenvalue weighted by atomic mass is 32.1. The van der Waals surface area contributed by atoms with Crippen LogP contribution >= 0.6 is 11.3 Å². The molecule has 0 aliphatic rings. The third-order valence-corrected chi connectivity index (χ3v) is 3.28. The standard InChI is InChI=1S/C12H8N2OS/c15-8-9-3-4-12-13-10(7-14(12)6-9)11-2-1-5-16-11/h1-8H. The highest BCUT2D eigenvalue weighted by Gasteiger charge is 2.05. The summed E-state index contributed by atoms with van der Waals surface area (Å²) < 4.78 is 1.87. The van der Waals surface area contributed by atoms with Gasteiger partial charge in [0.05, 0.1) is 10.6 Å². The quantitative estimate of drug-likeness (QED) is 0.632. The molecule has 0 aliphatic heterocycles. The van der Waals surface area contributed by atoms with E-state index in [1.165, 1.54) is 0 Å². The molecule has 3 aromatic rings. The van der Waals surface area contributed by atoms with Crippen LogP contribution in [0.15, 0.2) is 42.0 Å². The van der Waals surface area contributed by atoms with Gasteiger partial charge in [0.25, 0.3) is 0 Å². The molecule has 4 heteroatoms. The number of thiophene rings is 1. The minimum atomic E-state index is 0.655. The lowest BCUT2D eigenvalue weighted by molar-refractivity contribution is 0.112. The Morgan fingerprint density at radius 2 is 2.19 bits per heavy atom. The summed E-state index contributed by atoms with van der Waals surface area (Å²) in [7, 11) is 0. The van der Waals surface area contributed by atoms with E-state index in [0.717, 1.165) is 22.5 Å². The number of carbonyl (C=O) groups excluding carboxylic acids is 1. The monoisotopic (exact) mass is 228 g/mol. The van der Waals surface area contributed by atoms with Crippen molar-refractivity contribution >= 4 is 23.3 Å². The molecule has 0 aromatic carbocycles. The summed E-state index contributed by atoms with van der Waals surface area (Å²) in [4.78, 5) is 16.3. The summed E-state index contributed by atoms with van der Waals surface area (Å²) in [6.07, 6.45) is 4.56. The van der Waals surface area contributed by atoms with E-state index in [0.29, 0.717) is 5.56 Å². The molecule has 3 rings (SSSR count). The maximum Gasteiger partial charge on any atom is 0.151 e. The van der Waals surface area contributed by atoms with Gasteiger partial charge in [-0.25, -0.2) is 4.98 Å². The molecule has 0 amide bonds. The van der Waals surface area contributed by atoms with E-state index in [-0.39, 0.29) is 0 Å². The summed E-state index contributed by atoms with van der Waals surface area (Å²) in [5.74, 6) is 0. The van der Waals surface area contributed by atoms with Crippen LogP contribution in [0.3, 0.4) is 0 Å². The third-order valence-electron chi connectivity index (χ3n) is 2.38. The second-order valence-corrected chi connectivity index (χ2v) is 4.40. The molecular weight excluding hydrogens is 220 g/mol. The number of aldehydes is 1.